The third-order valence-electron chi connectivity index (χ3n) is 3.10. The topological polar surface area (TPSA) is 26.0 Å². The highest BCUT2D eigenvalue weighted by molar-refractivity contribution is 9.10. The zero-order chi connectivity index (χ0) is 12.1. The van der Waals surface area contributed by atoms with Gasteiger partial charge in [-0.3, -0.25) is 0 Å². The average molecular weight is 288 g/mol. The Balaban J connectivity index is 2.79. The lowest BCUT2D eigenvalue weighted by molar-refractivity contribution is 0.413. The first kappa shape index (κ1) is 13.7. The smallest absolute Gasteiger partial charge is 0.123 e. The van der Waals surface area contributed by atoms with E-state index in [1.54, 1.807) is 6.07 Å². The first-order valence-electron chi connectivity index (χ1n) is 5.79. The molecule has 0 aliphatic rings. The number of hydrogen-bond donors (Lipinski definition) is 1. The predicted molar refractivity (Wildman–Crippen MR) is 69.7 cm³/mol. The first-order valence-corrected chi connectivity index (χ1v) is 6.58. The maximum Gasteiger partial charge on any atom is 0.123 e. The summed E-state index contributed by atoms with van der Waals surface area (Å²) in [6, 6.07) is 4.60. The summed E-state index contributed by atoms with van der Waals surface area (Å²) in [5.41, 5.74) is 6.99. The van der Waals surface area contributed by atoms with Crippen LogP contribution < -0.4 is 5.73 Å². The van der Waals surface area contributed by atoms with Gasteiger partial charge in [0.05, 0.1) is 0 Å². The zero-order valence-corrected chi connectivity index (χ0v) is 11.4. The minimum Gasteiger partial charge on any atom is -0.324 e. The van der Waals surface area contributed by atoms with E-state index in [0.29, 0.717) is 5.92 Å². The van der Waals surface area contributed by atoms with Crippen molar-refractivity contribution in [2.45, 2.75) is 39.2 Å². The van der Waals surface area contributed by atoms with Crippen LogP contribution >= 0.6 is 15.9 Å². The number of rotatable bonds is 5. The van der Waals surface area contributed by atoms with E-state index < -0.39 is 0 Å². The van der Waals surface area contributed by atoms with Gasteiger partial charge in [-0.25, -0.2) is 4.39 Å². The van der Waals surface area contributed by atoms with Crippen molar-refractivity contribution >= 4 is 15.9 Å². The number of halogens is 2. The van der Waals surface area contributed by atoms with Crippen LogP contribution in [0.2, 0.25) is 0 Å². The zero-order valence-electron chi connectivity index (χ0n) is 9.84. The molecule has 0 amide bonds. The standard InChI is InChI=1S/C13H19BrFN/c1-3-9(4-2)7-13(16)11-8-10(15)5-6-12(11)14/h5-6,8-9,13H,3-4,7,16H2,1-2H3. The van der Waals surface area contributed by atoms with E-state index in [4.69, 9.17) is 5.73 Å². The largest absolute Gasteiger partial charge is 0.324 e. The minimum absolute atomic E-state index is 0.0880. The van der Waals surface area contributed by atoms with Gasteiger partial charge in [0.25, 0.3) is 0 Å². The summed E-state index contributed by atoms with van der Waals surface area (Å²) < 4.78 is 14.0. The van der Waals surface area contributed by atoms with Crippen LogP contribution in [0, 0.1) is 11.7 Å². The van der Waals surface area contributed by atoms with E-state index in [-0.39, 0.29) is 11.9 Å². The minimum atomic E-state index is -0.224. The molecule has 0 saturated carbocycles. The molecule has 0 fully saturated rings. The molecule has 1 atom stereocenters. The first-order chi connectivity index (χ1) is 7.58. The van der Waals surface area contributed by atoms with Crippen molar-refractivity contribution < 1.29 is 4.39 Å². The maximum absolute atomic E-state index is 13.1. The normalized spacial score (nSPS) is 13.1. The highest BCUT2D eigenvalue weighted by Gasteiger charge is 2.15. The van der Waals surface area contributed by atoms with Gasteiger partial charge in [0.15, 0.2) is 0 Å². The fraction of sp³-hybridized carbons (Fsp3) is 0.538. The Morgan fingerprint density at radius 2 is 1.94 bits per heavy atom. The molecule has 0 radical (unpaired) electrons. The molecule has 90 valence electrons. The van der Waals surface area contributed by atoms with Gasteiger partial charge in [-0.05, 0) is 36.1 Å². The monoisotopic (exact) mass is 287 g/mol. The Bertz CT molecular complexity index is 337. The molecule has 0 saturated heterocycles. The summed E-state index contributed by atoms with van der Waals surface area (Å²) in [7, 11) is 0. The lowest BCUT2D eigenvalue weighted by Gasteiger charge is -2.19. The van der Waals surface area contributed by atoms with Gasteiger partial charge in [-0.1, -0.05) is 42.6 Å². The molecule has 0 aromatic heterocycles. The predicted octanol–water partition coefficient (Wildman–Crippen LogP) is 4.41. The quantitative estimate of drug-likeness (QED) is 0.853. The number of hydrogen-bond acceptors (Lipinski definition) is 1. The summed E-state index contributed by atoms with van der Waals surface area (Å²) in [5.74, 6) is 0.392. The van der Waals surface area contributed by atoms with Crippen LogP contribution in [0.3, 0.4) is 0 Å². The van der Waals surface area contributed by atoms with Gasteiger partial charge < -0.3 is 5.73 Å². The summed E-state index contributed by atoms with van der Waals surface area (Å²) in [4.78, 5) is 0. The summed E-state index contributed by atoms with van der Waals surface area (Å²) in [6.07, 6.45) is 3.16. The molecule has 0 spiro atoms. The van der Waals surface area contributed by atoms with Crippen molar-refractivity contribution in [3.63, 3.8) is 0 Å². The van der Waals surface area contributed by atoms with E-state index in [9.17, 15) is 4.39 Å². The Hall–Kier alpha value is -0.410. The van der Waals surface area contributed by atoms with Crippen LogP contribution in [0.4, 0.5) is 4.39 Å². The van der Waals surface area contributed by atoms with Gasteiger partial charge in [0, 0.05) is 10.5 Å². The SMILES string of the molecule is CCC(CC)CC(N)c1cc(F)ccc1Br. The van der Waals surface area contributed by atoms with Crippen molar-refractivity contribution in [2.75, 3.05) is 0 Å². The van der Waals surface area contributed by atoms with E-state index in [1.165, 1.54) is 12.1 Å². The highest BCUT2D eigenvalue weighted by atomic mass is 79.9. The average Bonchev–Trinajstić information content (AvgIpc) is 2.28. The van der Waals surface area contributed by atoms with Gasteiger partial charge in [-0.2, -0.15) is 0 Å². The van der Waals surface area contributed by atoms with E-state index in [1.807, 2.05) is 0 Å². The van der Waals surface area contributed by atoms with Crippen LogP contribution in [-0.4, -0.2) is 0 Å². The molecule has 1 unspecified atom stereocenters. The van der Waals surface area contributed by atoms with Crippen molar-refractivity contribution in [3.05, 3.63) is 34.1 Å². The van der Waals surface area contributed by atoms with Gasteiger partial charge in [0.2, 0.25) is 0 Å². The van der Waals surface area contributed by atoms with Crippen LogP contribution in [-0.2, 0) is 0 Å². The van der Waals surface area contributed by atoms with Crippen molar-refractivity contribution in [2.24, 2.45) is 11.7 Å². The Morgan fingerprint density at radius 1 is 1.31 bits per heavy atom. The number of benzene rings is 1. The molecule has 0 bridgehead atoms. The van der Waals surface area contributed by atoms with Crippen molar-refractivity contribution in [3.8, 4) is 0 Å². The van der Waals surface area contributed by atoms with Gasteiger partial charge in [0.1, 0.15) is 5.82 Å². The fourth-order valence-corrected chi connectivity index (χ4v) is 2.45. The molecule has 1 rings (SSSR count). The maximum atomic E-state index is 13.1. The molecule has 1 aromatic rings. The number of nitrogens with two attached hydrogens (primary N) is 1. The molecule has 3 heteroatoms. The van der Waals surface area contributed by atoms with Crippen LogP contribution in [0.25, 0.3) is 0 Å². The van der Waals surface area contributed by atoms with Gasteiger partial charge >= 0.3 is 0 Å². The summed E-state index contributed by atoms with van der Waals surface area (Å²) >= 11 is 3.42. The summed E-state index contributed by atoms with van der Waals surface area (Å²) in [5, 5.41) is 0. The highest BCUT2D eigenvalue weighted by Crippen LogP contribution is 2.28. The third-order valence-corrected chi connectivity index (χ3v) is 3.82. The molecular weight excluding hydrogens is 269 g/mol. The summed E-state index contributed by atoms with van der Waals surface area (Å²) in [6.45, 7) is 4.34. The second-order valence-corrected chi connectivity index (χ2v) is 5.04. The molecule has 16 heavy (non-hydrogen) atoms. The fourth-order valence-electron chi connectivity index (χ4n) is 1.91. The molecule has 1 aromatic carbocycles. The van der Waals surface area contributed by atoms with Crippen LogP contribution in [0.5, 0.6) is 0 Å². The van der Waals surface area contributed by atoms with Crippen LogP contribution in [0.1, 0.15) is 44.7 Å². The lowest BCUT2D eigenvalue weighted by atomic mass is 9.92. The molecule has 0 heterocycles. The molecular formula is C13H19BrFN. The second-order valence-electron chi connectivity index (χ2n) is 4.19. The molecule has 2 N–H and O–H groups in total. The molecule has 0 aliphatic carbocycles. The Kier molecular flexibility index (Phi) is 5.42. The Morgan fingerprint density at radius 3 is 2.50 bits per heavy atom. The Labute approximate surface area is 105 Å². The van der Waals surface area contributed by atoms with Crippen LogP contribution in [0.15, 0.2) is 22.7 Å². The van der Waals surface area contributed by atoms with E-state index in [0.717, 1.165) is 29.3 Å². The van der Waals surface area contributed by atoms with Gasteiger partial charge in [-0.15, -0.1) is 0 Å². The van der Waals surface area contributed by atoms with Crippen molar-refractivity contribution in [1.29, 1.82) is 0 Å². The molecule has 1 nitrogen and oxygen atoms in total. The lowest BCUT2D eigenvalue weighted by Crippen LogP contribution is -2.15. The molecule has 0 aliphatic heterocycles. The van der Waals surface area contributed by atoms with E-state index in [2.05, 4.69) is 29.8 Å². The van der Waals surface area contributed by atoms with Crippen molar-refractivity contribution in [1.82, 2.24) is 0 Å². The second kappa shape index (κ2) is 6.36. The third kappa shape index (κ3) is 3.56. The van der Waals surface area contributed by atoms with E-state index >= 15 is 0 Å².